The lowest BCUT2D eigenvalue weighted by Crippen LogP contribution is -2.40. The van der Waals surface area contributed by atoms with Gasteiger partial charge >= 0.3 is 0 Å². The van der Waals surface area contributed by atoms with E-state index in [1.54, 1.807) is 14.1 Å². The second kappa shape index (κ2) is 6.38. The van der Waals surface area contributed by atoms with Crippen molar-refractivity contribution in [3.05, 3.63) is 11.6 Å². The van der Waals surface area contributed by atoms with E-state index in [0.29, 0.717) is 37.3 Å². The van der Waals surface area contributed by atoms with Crippen molar-refractivity contribution < 1.29 is 19.1 Å². The van der Waals surface area contributed by atoms with E-state index in [2.05, 4.69) is 10.2 Å². The minimum absolute atomic E-state index is 0.0202. The number of carbonyl (C=O) groups excluding carboxylic acids is 2. The number of aromatic nitrogens is 3. The number of nitrogens with zero attached hydrogens (tertiary/aromatic N) is 5. The van der Waals surface area contributed by atoms with Crippen LogP contribution in [0, 0.1) is 17.8 Å². The number of amides is 2. The Labute approximate surface area is 145 Å². The predicted octanol–water partition coefficient (Wildman–Crippen LogP) is -0.882. The first-order chi connectivity index (χ1) is 12.1. The highest BCUT2D eigenvalue weighted by Gasteiger charge is 2.59. The average molecular weight is 349 g/mol. The van der Waals surface area contributed by atoms with Gasteiger partial charge in [-0.3, -0.25) is 9.59 Å². The Bertz CT molecular complexity index is 678. The summed E-state index contributed by atoms with van der Waals surface area (Å²) in [6.45, 7) is 3.50. The third-order valence-corrected chi connectivity index (χ3v) is 5.33. The molecule has 2 fully saturated rings. The summed E-state index contributed by atoms with van der Waals surface area (Å²) >= 11 is 0. The number of rotatable bonds is 5. The van der Waals surface area contributed by atoms with E-state index in [1.165, 1.54) is 4.90 Å². The fourth-order valence-electron chi connectivity index (χ4n) is 3.69. The summed E-state index contributed by atoms with van der Waals surface area (Å²) in [7, 11) is 3.38. The molecular weight excluding hydrogens is 326 g/mol. The molecule has 0 bridgehead atoms. The number of hydrogen-bond acceptors (Lipinski definition) is 6. The lowest BCUT2D eigenvalue weighted by molar-refractivity contribution is -0.136. The highest BCUT2D eigenvalue weighted by atomic mass is 16.5. The zero-order valence-corrected chi connectivity index (χ0v) is 14.6. The maximum absolute atomic E-state index is 12.6. The first-order valence-electron chi connectivity index (χ1n) is 8.61. The molecule has 2 aliphatic heterocycles. The minimum Gasteiger partial charge on any atom is -0.381 e. The van der Waals surface area contributed by atoms with Gasteiger partial charge in [0.2, 0.25) is 11.8 Å². The van der Waals surface area contributed by atoms with Crippen LogP contribution < -0.4 is 0 Å². The maximum atomic E-state index is 12.6. The van der Waals surface area contributed by atoms with E-state index < -0.39 is 0 Å². The second-order valence-electron chi connectivity index (χ2n) is 7.12. The maximum Gasteiger partial charge on any atom is 0.248 e. The van der Waals surface area contributed by atoms with Crippen LogP contribution in [0.5, 0.6) is 0 Å². The summed E-state index contributed by atoms with van der Waals surface area (Å²) in [5.41, 5.74) is 0. The van der Waals surface area contributed by atoms with Gasteiger partial charge in [-0.1, -0.05) is 0 Å². The largest absolute Gasteiger partial charge is 0.381 e. The summed E-state index contributed by atoms with van der Waals surface area (Å²) in [5.74, 6) is 2.60. The van der Waals surface area contributed by atoms with Gasteiger partial charge in [0.05, 0.1) is 19.8 Å². The standard InChI is InChI=1S/C16H23N5O4/c1-19(2)14(22)9-25-8-13-18-17-12-5-20(3-4-21(12)13)16(23)15-10-6-24-7-11(10)15/h10-11,15H,3-9H2,1-2H3/t10-,11+,15?. The van der Waals surface area contributed by atoms with Gasteiger partial charge < -0.3 is 23.8 Å². The van der Waals surface area contributed by atoms with Gasteiger partial charge in [0.15, 0.2) is 11.6 Å². The van der Waals surface area contributed by atoms with Crippen molar-refractivity contribution in [3.63, 3.8) is 0 Å². The molecule has 1 saturated heterocycles. The Morgan fingerprint density at radius 1 is 1.24 bits per heavy atom. The van der Waals surface area contributed by atoms with E-state index in [-0.39, 0.29) is 30.9 Å². The van der Waals surface area contributed by atoms with Crippen molar-refractivity contribution in [2.45, 2.75) is 19.7 Å². The summed E-state index contributed by atoms with van der Waals surface area (Å²) in [6.07, 6.45) is 0. The Morgan fingerprint density at radius 3 is 2.72 bits per heavy atom. The SMILES string of the molecule is CN(C)C(=O)COCc1nnc2n1CCN(C(=O)C1[C@H]3COC[C@@H]13)C2. The predicted molar refractivity (Wildman–Crippen MR) is 85.1 cm³/mol. The number of hydrogen-bond donors (Lipinski definition) is 0. The van der Waals surface area contributed by atoms with E-state index in [4.69, 9.17) is 9.47 Å². The molecular formula is C16H23N5O4. The van der Waals surface area contributed by atoms with Crippen LogP contribution in [-0.2, 0) is 38.8 Å². The van der Waals surface area contributed by atoms with Crippen molar-refractivity contribution >= 4 is 11.8 Å². The molecule has 3 atom stereocenters. The molecule has 9 heteroatoms. The lowest BCUT2D eigenvalue weighted by atomic mass is 10.2. The number of likely N-dealkylation sites (N-methyl/N-ethyl adjacent to an activating group) is 1. The molecule has 2 amide bonds. The van der Waals surface area contributed by atoms with Crippen LogP contribution in [0.1, 0.15) is 11.6 Å². The minimum atomic E-state index is -0.0888. The molecule has 25 heavy (non-hydrogen) atoms. The molecule has 1 unspecified atom stereocenters. The van der Waals surface area contributed by atoms with Crippen molar-refractivity contribution in [3.8, 4) is 0 Å². The number of ether oxygens (including phenoxy) is 2. The number of fused-ring (bicyclic) bond motifs is 2. The molecule has 0 spiro atoms. The topological polar surface area (TPSA) is 89.8 Å². The fourth-order valence-corrected chi connectivity index (χ4v) is 3.69. The van der Waals surface area contributed by atoms with Gasteiger partial charge in [-0.15, -0.1) is 10.2 Å². The Hall–Kier alpha value is -2.00. The summed E-state index contributed by atoms with van der Waals surface area (Å²) in [6, 6.07) is 0. The van der Waals surface area contributed by atoms with E-state index in [1.807, 2.05) is 9.47 Å². The van der Waals surface area contributed by atoms with Crippen molar-refractivity contribution in [2.24, 2.45) is 17.8 Å². The van der Waals surface area contributed by atoms with Crippen LogP contribution >= 0.6 is 0 Å². The van der Waals surface area contributed by atoms with Crippen LogP contribution in [0.15, 0.2) is 0 Å². The normalized spacial score (nSPS) is 27.0. The summed E-state index contributed by atoms with van der Waals surface area (Å²) < 4.78 is 12.8. The fraction of sp³-hybridized carbons (Fsp3) is 0.750. The Morgan fingerprint density at radius 2 is 2.00 bits per heavy atom. The Balaban J connectivity index is 1.33. The number of carbonyl (C=O) groups is 2. The van der Waals surface area contributed by atoms with Gasteiger partial charge in [-0.05, 0) is 11.8 Å². The van der Waals surface area contributed by atoms with Gasteiger partial charge in [0.25, 0.3) is 0 Å². The van der Waals surface area contributed by atoms with Gasteiger partial charge in [0, 0.05) is 33.1 Å². The molecule has 1 saturated carbocycles. The average Bonchev–Trinajstić information content (AvgIpc) is 2.95. The highest BCUT2D eigenvalue weighted by Crippen LogP contribution is 2.51. The van der Waals surface area contributed by atoms with Crippen molar-refractivity contribution in [1.29, 1.82) is 0 Å². The highest BCUT2D eigenvalue weighted by molar-refractivity contribution is 5.82. The summed E-state index contributed by atoms with van der Waals surface area (Å²) in [5, 5.41) is 8.35. The van der Waals surface area contributed by atoms with Gasteiger partial charge in [-0.2, -0.15) is 0 Å². The summed E-state index contributed by atoms with van der Waals surface area (Å²) in [4.78, 5) is 27.6. The molecule has 4 rings (SSSR count). The molecule has 3 aliphatic rings. The third kappa shape index (κ3) is 3.02. The molecule has 1 aliphatic carbocycles. The molecule has 1 aromatic rings. The molecule has 136 valence electrons. The van der Waals surface area contributed by atoms with Crippen LogP contribution in [0.3, 0.4) is 0 Å². The molecule has 0 radical (unpaired) electrons. The first kappa shape index (κ1) is 16.5. The zero-order valence-electron chi connectivity index (χ0n) is 14.6. The van der Waals surface area contributed by atoms with Gasteiger partial charge in [-0.25, -0.2) is 0 Å². The smallest absolute Gasteiger partial charge is 0.248 e. The second-order valence-corrected chi connectivity index (χ2v) is 7.12. The van der Waals surface area contributed by atoms with E-state index >= 15 is 0 Å². The van der Waals surface area contributed by atoms with Crippen LogP contribution in [-0.4, -0.2) is 76.8 Å². The van der Waals surface area contributed by atoms with Crippen LogP contribution in [0.4, 0.5) is 0 Å². The quantitative estimate of drug-likeness (QED) is 0.686. The molecule has 1 aromatic heterocycles. The third-order valence-electron chi connectivity index (χ3n) is 5.33. The van der Waals surface area contributed by atoms with Crippen molar-refractivity contribution in [1.82, 2.24) is 24.6 Å². The molecule has 0 aromatic carbocycles. The van der Waals surface area contributed by atoms with Crippen molar-refractivity contribution in [2.75, 3.05) is 40.5 Å². The molecule has 0 N–H and O–H groups in total. The zero-order chi connectivity index (χ0) is 17.6. The van der Waals surface area contributed by atoms with Gasteiger partial charge in [0.1, 0.15) is 13.2 Å². The molecule has 3 heterocycles. The monoisotopic (exact) mass is 349 g/mol. The van der Waals surface area contributed by atoms with E-state index in [9.17, 15) is 9.59 Å². The molecule has 9 nitrogen and oxygen atoms in total. The Kier molecular flexibility index (Phi) is 4.20. The lowest BCUT2D eigenvalue weighted by Gasteiger charge is -2.28. The van der Waals surface area contributed by atoms with E-state index in [0.717, 1.165) is 19.0 Å². The van der Waals surface area contributed by atoms with Crippen LogP contribution in [0.2, 0.25) is 0 Å². The van der Waals surface area contributed by atoms with Crippen LogP contribution in [0.25, 0.3) is 0 Å². The first-order valence-corrected chi connectivity index (χ1v) is 8.61.